The van der Waals surface area contributed by atoms with Crippen LogP contribution in [0, 0.1) is 10.1 Å². The summed E-state index contributed by atoms with van der Waals surface area (Å²) in [5.74, 6) is 5.35. The van der Waals surface area contributed by atoms with Gasteiger partial charge in [0.15, 0.2) is 0 Å². The van der Waals surface area contributed by atoms with Gasteiger partial charge in [0, 0.05) is 19.1 Å². The standard InChI is InChI=1S/C12H19N5O2/c1-15(2)9-6-7-16(8-9)11-5-3-4-10(14-13)12(11)17(18)19/h3-5,9,14H,6-8,13H2,1-2H3. The van der Waals surface area contributed by atoms with E-state index in [-0.39, 0.29) is 10.6 Å². The average molecular weight is 265 g/mol. The number of para-hydroxylation sites is 1. The first-order chi connectivity index (χ1) is 9.04. The second-order valence-electron chi connectivity index (χ2n) is 4.93. The highest BCUT2D eigenvalue weighted by atomic mass is 16.6. The smallest absolute Gasteiger partial charge is 0.316 e. The number of hydrogen-bond acceptors (Lipinski definition) is 6. The van der Waals surface area contributed by atoms with Crippen LogP contribution in [0.1, 0.15) is 6.42 Å². The Morgan fingerprint density at radius 1 is 1.53 bits per heavy atom. The van der Waals surface area contributed by atoms with E-state index in [1.165, 1.54) is 0 Å². The number of nitrogens with one attached hydrogen (secondary N) is 1. The van der Waals surface area contributed by atoms with Crippen molar-refractivity contribution < 1.29 is 4.92 Å². The zero-order chi connectivity index (χ0) is 14.0. The van der Waals surface area contributed by atoms with Crippen LogP contribution in [0.2, 0.25) is 0 Å². The van der Waals surface area contributed by atoms with Gasteiger partial charge in [0.05, 0.1) is 4.92 Å². The highest BCUT2D eigenvalue weighted by Gasteiger charge is 2.30. The third-order valence-corrected chi connectivity index (χ3v) is 3.59. The van der Waals surface area contributed by atoms with Gasteiger partial charge in [-0.05, 0) is 32.6 Å². The van der Waals surface area contributed by atoms with Gasteiger partial charge in [-0.25, -0.2) is 0 Å². The summed E-state index contributed by atoms with van der Waals surface area (Å²) in [5, 5.41) is 11.2. The van der Waals surface area contributed by atoms with E-state index >= 15 is 0 Å². The van der Waals surface area contributed by atoms with Gasteiger partial charge in [0.2, 0.25) is 0 Å². The van der Waals surface area contributed by atoms with Crippen molar-refractivity contribution in [1.29, 1.82) is 0 Å². The quantitative estimate of drug-likeness (QED) is 0.480. The predicted molar refractivity (Wildman–Crippen MR) is 75.2 cm³/mol. The first kappa shape index (κ1) is 13.6. The van der Waals surface area contributed by atoms with Crippen molar-refractivity contribution in [2.24, 2.45) is 5.84 Å². The molecule has 1 aliphatic heterocycles. The molecule has 0 saturated carbocycles. The van der Waals surface area contributed by atoms with E-state index < -0.39 is 0 Å². The lowest BCUT2D eigenvalue weighted by molar-refractivity contribution is -0.383. The van der Waals surface area contributed by atoms with Gasteiger partial charge in [-0.3, -0.25) is 16.0 Å². The molecule has 0 aliphatic carbocycles. The van der Waals surface area contributed by atoms with Crippen molar-refractivity contribution in [2.75, 3.05) is 37.5 Å². The fourth-order valence-electron chi connectivity index (χ4n) is 2.48. The van der Waals surface area contributed by atoms with Gasteiger partial charge in [0.1, 0.15) is 11.4 Å². The largest absolute Gasteiger partial charge is 0.364 e. The maximum Gasteiger partial charge on any atom is 0.316 e. The molecule has 1 unspecified atom stereocenters. The molecule has 1 aromatic rings. The van der Waals surface area contributed by atoms with Gasteiger partial charge in [-0.15, -0.1) is 0 Å². The summed E-state index contributed by atoms with van der Waals surface area (Å²) in [6, 6.07) is 5.59. The molecular weight excluding hydrogens is 246 g/mol. The lowest BCUT2D eigenvalue weighted by Gasteiger charge is -2.22. The maximum absolute atomic E-state index is 11.2. The highest BCUT2D eigenvalue weighted by molar-refractivity contribution is 5.77. The Balaban J connectivity index is 2.33. The summed E-state index contributed by atoms with van der Waals surface area (Å²) in [6.07, 6.45) is 1.00. The SMILES string of the molecule is CN(C)C1CCN(c2cccc(NN)c2[N+](=O)[O-])C1. The number of nitro groups is 1. The number of nitrogens with two attached hydrogens (primary N) is 1. The van der Waals surface area contributed by atoms with E-state index in [1.54, 1.807) is 18.2 Å². The monoisotopic (exact) mass is 265 g/mol. The number of nitrogen functional groups attached to an aromatic ring is 1. The molecule has 104 valence electrons. The average Bonchev–Trinajstić information content (AvgIpc) is 2.87. The normalized spacial score (nSPS) is 18.9. The van der Waals surface area contributed by atoms with E-state index in [2.05, 4.69) is 10.3 Å². The second-order valence-corrected chi connectivity index (χ2v) is 4.93. The molecule has 0 aromatic heterocycles. The molecule has 3 N–H and O–H groups in total. The Morgan fingerprint density at radius 2 is 2.26 bits per heavy atom. The Labute approximate surface area is 112 Å². The zero-order valence-electron chi connectivity index (χ0n) is 11.2. The van der Waals surface area contributed by atoms with E-state index in [1.807, 2.05) is 19.0 Å². The zero-order valence-corrected chi connectivity index (χ0v) is 11.2. The van der Waals surface area contributed by atoms with Crippen LogP contribution >= 0.6 is 0 Å². The first-order valence-corrected chi connectivity index (χ1v) is 6.20. The molecule has 7 nitrogen and oxygen atoms in total. The molecule has 1 atom stereocenters. The number of hydrogen-bond donors (Lipinski definition) is 2. The molecule has 1 heterocycles. The van der Waals surface area contributed by atoms with Gasteiger partial charge in [0.25, 0.3) is 0 Å². The van der Waals surface area contributed by atoms with Gasteiger partial charge in [-0.2, -0.15) is 0 Å². The molecule has 0 radical (unpaired) electrons. The van der Waals surface area contributed by atoms with E-state index in [0.29, 0.717) is 17.4 Å². The highest BCUT2D eigenvalue weighted by Crippen LogP contribution is 2.36. The first-order valence-electron chi connectivity index (χ1n) is 6.20. The molecule has 1 aromatic carbocycles. The number of rotatable bonds is 4. The van der Waals surface area contributed by atoms with Crippen LogP contribution < -0.4 is 16.2 Å². The minimum Gasteiger partial charge on any atom is -0.364 e. The van der Waals surface area contributed by atoms with Crippen LogP contribution in [-0.2, 0) is 0 Å². The summed E-state index contributed by atoms with van der Waals surface area (Å²) in [7, 11) is 4.06. The minimum atomic E-state index is -0.381. The second kappa shape index (κ2) is 5.41. The summed E-state index contributed by atoms with van der Waals surface area (Å²) in [6.45, 7) is 1.61. The molecule has 0 bridgehead atoms. The summed E-state index contributed by atoms with van der Waals surface area (Å²) >= 11 is 0. The van der Waals surface area contributed by atoms with Crippen molar-refractivity contribution in [3.05, 3.63) is 28.3 Å². The third-order valence-electron chi connectivity index (χ3n) is 3.59. The molecule has 1 fully saturated rings. The Bertz CT molecular complexity index is 477. The lowest BCUT2D eigenvalue weighted by atomic mass is 10.2. The number of anilines is 2. The molecule has 2 rings (SSSR count). The van der Waals surface area contributed by atoms with E-state index in [9.17, 15) is 10.1 Å². The van der Waals surface area contributed by atoms with Crippen LogP contribution in [0.15, 0.2) is 18.2 Å². The fraction of sp³-hybridized carbons (Fsp3) is 0.500. The van der Waals surface area contributed by atoms with E-state index in [4.69, 9.17) is 5.84 Å². The molecule has 0 spiro atoms. The van der Waals surface area contributed by atoms with Gasteiger partial charge >= 0.3 is 5.69 Å². The predicted octanol–water partition coefficient (Wildman–Crippen LogP) is 1.02. The van der Waals surface area contributed by atoms with Crippen molar-refractivity contribution in [1.82, 2.24) is 4.90 Å². The van der Waals surface area contributed by atoms with Gasteiger partial charge in [-0.1, -0.05) is 6.07 Å². The lowest BCUT2D eigenvalue weighted by Crippen LogP contribution is -2.31. The van der Waals surface area contributed by atoms with Crippen molar-refractivity contribution >= 4 is 17.1 Å². The van der Waals surface area contributed by atoms with Crippen LogP contribution in [0.25, 0.3) is 0 Å². The summed E-state index contributed by atoms with van der Waals surface area (Å²) in [5.41, 5.74) is 3.41. The van der Waals surface area contributed by atoms with Crippen LogP contribution in [0.5, 0.6) is 0 Å². The Morgan fingerprint density at radius 3 is 2.79 bits per heavy atom. The maximum atomic E-state index is 11.2. The summed E-state index contributed by atoms with van der Waals surface area (Å²) in [4.78, 5) is 15.1. The van der Waals surface area contributed by atoms with Crippen molar-refractivity contribution in [3.8, 4) is 0 Å². The van der Waals surface area contributed by atoms with Crippen molar-refractivity contribution in [2.45, 2.75) is 12.5 Å². The molecule has 0 amide bonds. The van der Waals surface area contributed by atoms with Gasteiger partial charge < -0.3 is 15.2 Å². The van der Waals surface area contributed by atoms with E-state index in [0.717, 1.165) is 19.5 Å². The third kappa shape index (κ3) is 2.61. The molecule has 1 aliphatic rings. The van der Waals surface area contributed by atoms with Crippen LogP contribution in [-0.4, -0.2) is 43.0 Å². The summed E-state index contributed by atoms with van der Waals surface area (Å²) < 4.78 is 0. The number of nitrogens with zero attached hydrogens (tertiary/aromatic N) is 3. The fourth-order valence-corrected chi connectivity index (χ4v) is 2.48. The molecule has 1 saturated heterocycles. The Kier molecular flexibility index (Phi) is 3.87. The number of hydrazine groups is 1. The topological polar surface area (TPSA) is 87.7 Å². The number of nitro benzene ring substituents is 1. The van der Waals surface area contributed by atoms with Crippen molar-refractivity contribution in [3.63, 3.8) is 0 Å². The Hall–Kier alpha value is -1.86. The molecule has 19 heavy (non-hydrogen) atoms. The van der Waals surface area contributed by atoms with Crippen LogP contribution in [0.4, 0.5) is 17.1 Å². The molecular formula is C12H19N5O2. The molecule has 7 heteroatoms. The minimum absolute atomic E-state index is 0.0457. The number of benzene rings is 1. The number of likely N-dealkylation sites (N-methyl/N-ethyl adjacent to an activating group) is 1. The van der Waals surface area contributed by atoms with Crippen LogP contribution in [0.3, 0.4) is 0 Å².